The summed E-state index contributed by atoms with van der Waals surface area (Å²) in [5, 5.41) is 3.92. The summed E-state index contributed by atoms with van der Waals surface area (Å²) in [6.07, 6.45) is 1.57. The van der Waals surface area contributed by atoms with E-state index in [-0.39, 0.29) is 20.1 Å². The van der Waals surface area contributed by atoms with E-state index in [0.717, 1.165) is 11.5 Å². The minimum Gasteiger partial charge on any atom is -0.400 e. The molecule has 1 aromatic heterocycles. The van der Waals surface area contributed by atoms with Gasteiger partial charge in [-0.15, -0.1) is 0 Å². The summed E-state index contributed by atoms with van der Waals surface area (Å²) in [6.45, 7) is 0. The quantitative estimate of drug-likeness (QED) is 0.696. The van der Waals surface area contributed by atoms with Gasteiger partial charge in [-0.3, -0.25) is 0 Å². The molecule has 2 heterocycles. The van der Waals surface area contributed by atoms with Crippen molar-refractivity contribution in [1.82, 2.24) is 5.16 Å². The zero-order valence-corrected chi connectivity index (χ0v) is 11.0. The van der Waals surface area contributed by atoms with Crippen LogP contribution in [0.3, 0.4) is 0 Å². The molecule has 0 unspecified atom stereocenters. The van der Waals surface area contributed by atoms with Crippen LogP contribution in [0.25, 0.3) is 0 Å². The molecule has 0 N–H and O–H groups in total. The van der Waals surface area contributed by atoms with Crippen molar-refractivity contribution in [3.05, 3.63) is 36.6 Å². The van der Waals surface area contributed by atoms with E-state index in [1.165, 1.54) is 5.69 Å². The van der Waals surface area contributed by atoms with Crippen LogP contribution in [0.15, 0.2) is 41.1 Å². The maximum atomic E-state index is 4.85. The molecule has 0 atom stereocenters. The number of benzene rings is 1. The molecule has 0 bridgehead atoms. The van der Waals surface area contributed by atoms with Gasteiger partial charge in [0.15, 0.2) is 5.82 Å². The van der Waals surface area contributed by atoms with Crippen LogP contribution >= 0.6 is 0 Å². The molecule has 2 aromatic rings. The number of rotatable bonds is 1. The number of hydrogen-bond donors (Lipinski definition) is 0. The number of aromatic nitrogens is 1. The molecule has 0 saturated carbocycles. The molecule has 6 heteroatoms. The van der Waals surface area contributed by atoms with Crippen LogP contribution < -0.4 is 9.62 Å². The van der Waals surface area contributed by atoms with E-state index in [2.05, 4.69) is 22.1 Å². The predicted molar refractivity (Wildman–Crippen MR) is 59.2 cm³/mol. The van der Waals surface area contributed by atoms with Crippen LogP contribution in [0.1, 0.15) is 0 Å². The topological polar surface area (TPSA) is 32.5 Å². The van der Waals surface area contributed by atoms with Gasteiger partial charge in [-0.1, -0.05) is 17.3 Å². The molecule has 0 spiro atoms. The number of para-hydroxylation sites is 2. The SMILES string of the molecule is CN1[B]N(c2ccon2)c2ccccc21.[Ir]. The van der Waals surface area contributed by atoms with Gasteiger partial charge in [-0.05, 0) is 19.2 Å². The van der Waals surface area contributed by atoms with E-state index < -0.39 is 0 Å². The fourth-order valence-corrected chi connectivity index (χ4v) is 1.78. The summed E-state index contributed by atoms with van der Waals surface area (Å²) in [5.74, 6) is 0.798. The van der Waals surface area contributed by atoms with Crippen molar-refractivity contribution >= 4 is 24.7 Å². The third-order valence-electron chi connectivity index (χ3n) is 2.48. The summed E-state index contributed by atoms with van der Waals surface area (Å²) in [6, 6.07) is 10.0. The van der Waals surface area contributed by atoms with Crippen LogP contribution in [0.5, 0.6) is 0 Å². The first-order chi connectivity index (χ1) is 7.36. The van der Waals surface area contributed by atoms with Crippen molar-refractivity contribution in [3.63, 3.8) is 0 Å². The molecule has 4 nitrogen and oxygen atoms in total. The van der Waals surface area contributed by atoms with Crippen LogP contribution in [0, 0.1) is 0 Å². The van der Waals surface area contributed by atoms with Gasteiger partial charge < -0.3 is 14.1 Å². The van der Waals surface area contributed by atoms with Gasteiger partial charge in [0.25, 0.3) is 0 Å². The third-order valence-corrected chi connectivity index (χ3v) is 2.48. The fourth-order valence-electron chi connectivity index (χ4n) is 1.78. The normalized spacial score (nSPS) is 13.1. The molecule has 16 heavy (non-hydrogen) atoms. The van der Waals surface area contributed by atoms with Gasteiger partial charge in [0.05, 0.1) is 5.69 Å². The molecule has 1 aromatic carbocycles. The Balaban J connectivity index is 0.000000963. The number of anilines is 3. The molecular weight excluding hydrogens is 381 g/mol. The number of nitrogens with zero attached hydrogens (tertiary/aromatic N) is 3. The largest absolute Gasteiger partial charge is 0.400 e. The van der Waals surface area contributed by atoms with E-state index in [4.69, 9.17) is 4.52 Å². The fraction of sp³-hybridized carbons (Fsp3) is 0.100. The second-order valence-electron chi connectivity index (χ2n) is 3.44. The van der Waals surface area contributed by atoms with Gasteiger partial charge in [-0.2, -0.15) is 0 Å². The molecule has 1 aliphatic heterocycles. The van der Waals surface area contributed by atoms with E-state index in [9.17, 15) is 0 Å². The van der Waals surface area contributed by atoms with Crippen molar-refractivity contribution in [2.75, 3.05) is 16.7 Å². The average molecular weight is 390 g/mol. The Morgan fingerprint density at radius 2 is 1.94 bits per heavy atom. The third kappa shape index (κ3) is 1.64. The Bertz CT molecular complexity index is 477. The summed E-state index contributed by atoms with van der Waals surface area (Å²) >= 11 is 0. The summed E-state index contributed by atoms with van der Waals surface area (Å²) in [7, 11) is 4.00. The average Bonchev–Trinajstić information content (AvgIpc) is 2.87. The first kappa shape index (κ1) is 11.2. The summed E-state index contributed by atoms with van der Waals surface area (Å²) in [5.41, 5.74) is 2.29. The molecule has 0 fully saturated rings. The van der Waals surface area contributed by atoms with Crippen LogP contribution in [-0.2, 0) is 20.1 Å². The second kappa shape index (κ2) is 4.32. The first-order valence-corrected chi connectivity index (χ1v) is 4.73. The predicted octanol–water partition coefficient (Wildman–Crippen LogP) is 1.79. The molecule has 0 aliphatic carbocycles. The molecular formula is C10H9BIrN3O. The van der Waals surface area contributed by atoms with Crippen LogP contribution in [0.4, 0.5) is 17.2 Å². The standard InChI is InChI=1S/C10H9BN3O.Ir/c1-13-8-4-2-3-5-9(8)14(11-13)10-6-7-15-12-10;/h2-7H,1H3;. The minimum absolute atomic E-state index is 0. The van der Waals surface area contributed by atoms with Gasteiger partial charge in [0, 0.05) is 31.9 Å². The van der Waals surface area contributed by atoms with E-state index in [0.29, 0.717) is 0 Å². The molecule has 2 radical (unpaired) electrons. The van der Waals surface area contributed by atoms with E-state index in [1.54, 1.807) is 6.26 Å². The molecule has 3 rings (SSSR count). The molecule has 0 saturated heterocycles. The van der Waals surface area contributed by atoms with E-state index in [1.807, 2.05) is 37.6 Å². The van der Waals surface area contributed by atoms with Crippen molar-refractivity contribution in [3.8, 4) is 0 Å². The Kier molecular flexibility index (Phi) is 3.03. The number of fused-ring (bicyclic) bond motifs is 1. The van der Waals surface area contributed by atoms with Gasteiger partial charge in [0.1, 0.15) is 6.26 Å². The van der Waals surface area contributed by atoms with E-state index >= 15 is 0 Å². The molecule has 82 valence electrons. The van der Waals surface area contributed by atoms with Gasteiger partial charge in [-0.25, -0.2) is 0 Å². The van der Waals surface area contributed by atoms with Gasteiger partial charge in [0.2, 0.25) is 0 Å². The number of hydrogen-bond acceptors (Lipinski definition) is 4. The van der Waals surface area contributed by atoms with Crippen LogP contribution in [-0.4, -0.2) is 19.8 Å². The van der Waals surface area contributed by atoms with Crippen molar-refractivity contribution in [2.24, 2.45) is 0 Å². The zero-order valence-electron chi connectivity index (χ0n) is 8.62. The minimum atomic E-state index is 0. The maximum absolute atomic E-state index is 4.85. The first-order valence-electron chi connectivity index (χ1n) is 4.73. The monoisotopic (exact) mass is 391 g/mol. The Morgan fingerprint density at radius 3 is 2.62 bits per heavy atom. The maximum Gasteiger partial charge on any atom is 0.397 e. The van der Waals surface area contributed by atoms with Gasteiger partial charge >= 0.3 is 7.55 Å². The zero-order chi connectivity index (χ0) is 10.3. The van der Waals surface area contributed by atoms with Crippen LogP contribution in [0.2, 0.25) is 0 Å². The van der Waals surface area contributed by atoms with Crippen molar-refractivity contribution < 1.29 is 24.6 Å². The Labute approximate surface area is 108 Å². The Hall–Kier alpha value is -1.26. The summed E-state index contributed by atoms with van der Waals surface area (Å²) in [4.78, 5) is 4.06. The smallest absolute Gasteiger partial charge is 0.397 e. The molecule has 0 amide bonds. The Morgan fingerprint density at radius 1 is 1.19 bits per heavy atom. The van der Waals surface area contributed by atoms with Crippen molar-refractivity contribution in [2.45, 2.75) is 0 Å². The second-order valence-corrected chi connectivity index (χ2v) is 3.44. The van der Waals surface area contributed by atoms with Crippen molar-refractivity contribution in [1.29, 1.82) is 0 Å². The molecule has 1 aliphatic rings. The summed E-state index contributed by atoms with van der Waals surface area (Å²) < 4.78 is 4.85.